The third-order valence-corrected chi connectivity index (χ3v) is 2.41. The van der Waals surface area contributed by atoms with E-state index in [1.54, 1.807) is 4.90 Å². The lowest BCUT2D eigenvalue weighted by molar-refractivity contribution is -0.135. The molecule has 0 saturated carbocycles. The monoisotopic (exact) mass is 239 g/mol. The summed E-state index contributed by atoms with van der Waals surface area (Å²) in [6.45, 7) is 5.54. The van der Waals surface area contributed by atoms with Crippen LogP contribution in [0.5, 0.6) is 5.88 Å². The van der Waals surface area contributed by atoms with Gasteiger partial charge in [0, 0.05) is 6.04 Å². The average Bonchev–Trinajstić information content (AvgIpc) is 2.26. The highest BCUT2D eigenvalue weighted by Crippen LogP contribution is 2.24. The van der Waals surface area contributed by atoms with E-state index in [0.29, 0.717) is 11.7 Å². The standard InChI is InChI=1S/C11H17N3O3/c1-7(2)14(5-9(15)16)10-8(3)11(17-4)13-6-12-10/h6-7H,5H2,1-4H3,(H,15,16). The molecular formula is C11H17N3O3. The highest BCUT2D eigenvalue weighted by molar-refractivity contribution is 5.74. The van der Waals surface area contributed by atoms with Crippen LogP contribution in [0.1, 0.15) is 19.4 Å². The number of carboxylic acids is 1. The van der Waals surface area contributed by atoms with E-state index in [1.807, 2.05) is 20.8 Å². The lowest BCUT2D eigenvalue weighted by atomic mass is 10.2. The van der Waals surface area contributed by atoms with Gasteiger partial charge < -0.3 is 14.7 Å². The second-order valence-corrected chi connectivity index (χ2v) is 3.95. The fourth-order valence-electron chi connectivity index (χ4n) is 1.57. The maximum Gasteiger partial charge on any atom is 0.323 e. The predicted octanol–water partition coefficient (Wildman–Crippen LogP) is 1.09. The van der Waals surface area contributed by atoms with Crippen LogP contribution in [0.25, 0.3) is 0 Å². The molecule has 0 atom stereocenters. The van der Waals surface area contributed by atoms with Crippen LogP contribution in [-0.4, -0.2) is 40.7 Å². The molecular weight excluding hydrogens is 222 g/mol. The zero-order valence-electron chi connectivity index (χ0n) is 10.5. The Labute approximate surface area is 100 Å². The van der Waals surface area contributed by atoms with Crippen molar-refractivity contribution in [3.63, 3.8) is 0 Å². The highest BCUT2D eigenvalue weighted by atomic mass is 16.5. The molecule has 0 amide bonds. The maximum atomic E-state index is 10.8. The van der Waals surface area contributed by atoms with Gasteiger partial charge in [0.2, 0.25) is 5.88 Å². The van der Waals surface area contributed by atoms with Crippen molar-refractivity contribution >= 4 is 11.8 Å². The van der Waals surface area contributed by atoms with Gasteiger partial charge in [0.25, 0.3) is 0 Å². The molecule has 1 rings (SSSR count). The number of methoxy groups -OCH3 is 1. The topological polar surface area (TPSA) is 75.6 Å². The number of hydrogen-bond acceptors (Lipinski definition) is 5. The van der Waals surface area contributed by atoms with Gasteiger partial charge in [-0.25, -0.2) is 9.97 Å². The number of aromatic nitrogens is 2. The average molecular weight is 239 g/mol. The number of carboxylic acid groups (broad SMARTS) is 1. The van der Waals surface area contributed by atoms with E-state index in [0.717, 1.165) is 5.56 Å². The van der Waals surface area contributed by atoms with Crippen LogP contribution in [0.2, 0.25) is 0 Å². The van der Waals surface area contributed by atoms with Crippen LogP contribution in [0.15, 0.2) is 6.33 Å². The van der Waals surface area contributed by atoms with Gasteiger partial charge in [-0.2, -0.15) is 0 Å². The molecule has 0 radical (unpaired) electrons. The molecule has 94 valence electrons. The Bertz CT molecular complexity index is 407. The minimum absolute atomic E-state index is 0.0319. The van der Waals surface area contributed by atoms with Crippen molar-refractivity contribution in [2.75, 3.05) is 18.6 Å². The molecule has 1 N–H and O–H groups in total. The quantitative estimate of drug-likeness (QED) is 0.829. The first-order chi connectivity index (χ1) is 7.97. The van der Waals surface area contributed by atoms with Crippen molar-refractivity contribution in [3.8, 4) is 5.88 Å². The smallest absolute Gasteiger partial charge is 0.323 e. The largest absolute Gasteiger partial charge is 0.481 e. The van der Waals surface area contributed by atoms with Crippen molar-refractivity contribution in [3.05, 3.63) is 11.9 Å². The van der Waals surface area contributed by atoms with Gasteiger partial charge in [-0.1, -0.05) is 0 Å². The summed E-state index contributed by atoms with van der Waals surface area (Å²) in [5.41, 5.74) is 0.741. The van der Waals surface area contributed by atoms with Crippen molar-refractivity contribution in [2.45, 2.75) is 26.8 Å². The number of ether oxygens (including phenoxy) is 1. The third-order valence-electron chi connectivity index (χ3n) is 2.41. The molecule has 17 heavy (non-hydrogen) atoms. The Kier molecular flexibility index (Phi) is 4.25. The van der Waals surface area contributed by atoms with E-state index in [4.69, 9.17) is 9.84 Å². The summed E-state index contributed by atoms with van der Waals surface area (Å²) in [5.74, 6) is 0.163. The molecule has 0 saturated heterocycles. The fraction of sp³-hybridized carbons (Fsp3) is 0.545. The van der Waals surface area contributed by atoms with Gasteiger partial charge in [-0.15, -0.1) is 0 Å². The Balaban J connectivity index is 3.14. The zero-order valence-corrected chi connectivity index (χ0v) is 10.5. The summed E-state index contributed by atoms with van der Waals surface area (Å²) >= 11 is 0. The third kappa shape index (κ3) is 3.05. The van der Waals surface area contributed by atoms with Crippen LogP contribution in [-0.2, 0) is 4.79 Å². The minimum atomic E-state index is -0.893. The second kappa shape index (κ2) is 5.47. The molecule has 6 nitrogen and oxygen atoms in total. The Morgan fingerprint density at radius 1 is 1.53 bits per heavy atom. The molecule has 0 aliphatic carbocycles. The van der Waals surface area contributed by atoms with Gasteiger partial charge >= 0.3 is 5.97 Å². The SMILES string of the molecule is COc1ncnc(N(CC(=O)O)C(C)C)c1C. The summed E-state index contributed by atoms with van der Waals surface area (Å²) < 4.78 is 5.10. The molecule has 1 aromatic heterocycles. The Morgan fingerprint density at radius 3 is 2.65 bits per heavy atom. The molecule has 0 aliphatic heterocycles. The summed E-state index contributed by atoms with van der Waals surface area (Å²) in [6.07, 6.45) is 1.37. The number of carbonyl (C=O) groups is 1. The van der Waals surface area contributed by atoms with E-state index < -0.39 is 5.97 Å². The molecule has 1 heterocycles. The lowest BCUT2D eigenvalue weighted by Crippen LogP contribution is -2.36. The van der Waals surface area contributed by atoms with Gasteiger partial charge in [0.05, 0.1) is 12.7 Å². The number of aliphatic carboxylic acids is 1. The summed E-state index contributed by atoms with van der Waals surface area (Å²) in [7, 11) is 1.52. The normalized spacial score (nSPS) is 10.4. The Hall–Kier alpha value is -1.85. The van der Waals surface area contributed by atoms with Gasteiger partial charge in [-0.3, -0.25) is 4.79 Å². The number of nitrogens with zero attached hydrogens (tertiary/aromatic N) is 3. The van der Waals surface area contributed by atoms with Crippen molar-refractivity contribution < 1.29 is 14.6 Å². The van der Waals surface area contributed by atoms with Crippen LogP contribution in [0.3, 0.4) is 0 Å². The van der Waals surface area contributed by atoms with E-state index in [-0.39, 0.29) is 12.6 Å². The van der Waals surface area contributed by atoms with Gasteiger partial charge in [0.15, 0.2) is 0 Å². The van der Waals surface area contributed by atoms with Gasteiger partial charge in [0.1, 0.15) is 18.7 Å². The van der Waals surface area contributed by atoms with Crippen LogP contribution in [0.4, 0.5) is 5.82 Å². The first-order valence-electron chi connectivity index (χ1n) is 5.31. The molecule has 0 spiro atoms. The van der Waals surface area contributed by atoms with Crippen LogP contribution in [0, 0.1) is 6.92 Å². The zero-order chi connectivity index (χ0) is 13.0. The Morgan fingerprint density at radius 2 is 2.18 bits per heavy atom. The van der Waals surface area contributed by atoms with E-state index >= 15 is 0 Å². The highest BCUT2D eigenvalue weighted by Gasteiger charge is 2.19. The maximum absolute atomic E-state index is 10.8. The van der Waals surface area contributed by atoms with E-state index in [9.17, 15) is 4.79 Å². The fourth-order valence-corrected chi connectivity index (χ4v) is 1.57. The van der Waals surface area contributed by atoms with Crippen molar-refractivity contribution in [2.24, 2.45) is 0 Å². The number of rotatable bonds is 5. The summed E-state index contributed by atoms with van der Waals surface area (Å²) in [4.78, 5) is 20.6. The second-order valence-electron chi connectivity index (χ2n) is 3.95. The number of hydrogen-bond donors (Lipinski definition) is 1. The first-order valence-corrected chi connectivity index (χ1v) is 5.31. The molecule has 0 aromatic carbocycles. The molecule has 0 bridgehead atoms. The minimum Gasteiger partial charge on any atom is -0.481 e. The van der Waals surface area contributed by atoms with Crippen molar-refractivity contribution in [1.82, 2.24) is 9.97 Å². The number of anilines is 1. The molecule has 0 aliphatic rings. The van der Waals surface area contributed by atoms with Crippen LogP contribution < -0.4 is 9.64 Å². The van der Waals surface area contributed by atoms with Crippen molar-refractivity contribution in [1.29, 1.82) is 0 Å². The van der Waals surface area contributed by atoms with Crippen LogP contribution >= 0.6 is 0 Å². The first kappa shape index (κ1) is 13.2. The predicted molar refractivity (Wildman–Crippen MR) is 63.4 cm³/mol. The molecule has 6 heteroatoms. The summed E-state index contributed by atoms with van der Waals surface area (Å²) in [6, 6.07) is 0.0319. The molecule has 0 unspecified atom stereocenters. The van der Waals surface area contributed by atoms with E-state index in [1.165, 1.54) is 13.4 Å². The van der Waals surface area contributed by atoms with E-state index in [2.05, 4.69) is 9.97 Å². The van der Waals surface area contributed by atoms with Gasteiger partial charge in [-0.05, 0) is 20.8 Å². The molecule has 0 fully saturated rings. The molecule has 1 aromatic rings. The summed E-state index contributed by atoms with van der Waals surface area (Å²) in [5, 5.41) is 8.90. The lowest BCUT2D eigenvalue weighted by Gasteiger charge is -2.27.